The lowest BCUT2D eigenvalue weighted by Crippen LogP contribution is -2.36. The number of hydrogen-bond acceptors (Lipinski definition) is 4. The van der Waals surface area contributed by atoms with Crippen molar-refractivity contribution in [2.24, 2.45) is 0 Å². The zero-order chi connectivity index (χ0) is 20.3. The summed E-state index contributed by atoms with van der Waals surface area (Å²) in [5, 5.41) is 9.90. The van der Waals surface area contributed by atoms with Crippen LogP contribution >= 0.6 is 0 Å². The number of carbonyl (C=O) groups excluding carboxylic acids is 3. The lowest BCUT2D eigenvalue weighted by atomic mass is 10.1. The maximum atomic E-state index is 12.3. The molecule has 0 unspecified atom stereocenters. The number of nitrogens with one attached hydrogen (secondary N) is 2. The van der Waals surface area contributed by atoms with Gasteiger partial charge in [0.05, 0.1) is 18.8 Å². The van der Waals surface area contributed by atoms with Crippen LogP contribution in [-0.4, -0.2) is 45.5 Å². The molecule has 1 aliphatic rings. The number of fused-ring (bicyclic) bond motifs is 1. The summed E-state index contributed by atoms with van der Waals surface area (Å²) in [7, 11) is 0. The molecule has 0 bridgehead atoms. The van der Waals surface area contributed by atoms with Crippen LogP contribution in [0.2, 0.25) is 0 Å². The number of aromatic nitrogens is 2. The van der Waals surface area contributed by atoms with Gasteiger partial charge in [-0.2, -0.15) is 5.10 Å². The normalized spacial score (nSPS) is 13.0. The SMILES string of the molecule is CC(=O)N1CCn2nc(C(=O)NCCC(=O)Nc3cc(C)ccc3C)cc2C1. The zero-order valence-corrected chi connectivity index (χ0v) is 16.4. The first-order valence-corrected chi connectivity index (χ1v) is 9.31. The quantitative estimate of drug-likeness (QED) is 0.820. The van der Waals surface area contributed by atoms with Gasteiger partial charge in [-0.3, -0.25) is 19.1 Å². The summed E-state index contributed by atoms with van der Waals surface area (Å²) in [6.07, 6.45) is 0.171. The average molecular weight is 383 g/mol. The zero-order valence-electron chi connectivity index (χ0n) is 16.4. The maximum Gasteiger partial charge on any atom is 0.271 e. The number of rotatable bonds is 5. The van der Waals surface area contributed by atoms with E-state index in [1.54, 1.807) is 15.6 Å². The van der Waals surface area contributed by atoms with Gasteiger partial charge in [-0.25, -0.2) is 0 Å². The number of nitrogens with zero attached hydrogens (tertiary/aromatic N) is 3. The molecule has 8 nitrogen and oxygen atoms in total. The summed E-state index contributed by atoms with van der Waals surface area (Å²) >= 11 is 0. The minimum absolute atomic E-state index is 0.00769. The fraction of sp³-hybridized carbons (Fsp3) is 0.400. The molecule has 1 aromatic heterocycles. The molecule has 0 atom stereocenters. The molecule has 0 radical (unpaired) electrons. The molecule has 2 heterocycles. The Kier molecular flexibility index (Phi) is 5.77. The van der Waals surface area contributed by atoms with E-state index in [9.17, 15) is 14.4 Å². The van der Waals surface area contributed by atoms with Crippen LogP contribution in [-0.2, 0) is 22.7 Å². The van der Waals surface area contributed by atoms with E-state index in [4.69, 9.17) is 0 Å². The van der Waals surface area contributed by atoms with E-state index in [0.717, 1.165) is 22.5 Å². The topological polar surface area (TPSA) is 96.3 Å². The molecule has 0 spiro atoms. The molecule has 8 heteroatoms. The van der Waals surface area contributed by atoms with Crippen molar-refractivity contribution in [1.82, 2.24) is 20.0 Å². The molecular formula is C20H25N5O3. The van der Waals surface area contributed by atoms with Gasteiger partial charge in [0.15, 0.2) is 5.69 Å². The molecule has 2 N–H and O–H groups in total. The van der Waals surface area contributed by atoms with E-state index in [1.807, 2.05) is 32.0 Å². The smallest absolute Gasteiger partial charge is 0.271 e. The van der Waals surface area contributed by atoms with E-state index >= 15 is 0 Å². The highest BCUT2D eigenvalue weighted by atomic mass is 16.2. The molecule has 1 aromatic carbocycles. The van der Waals surface area contributed by atoms with Crippen molar-refractivity contribution in [2.75, 3.05) is 18.4 Å². The van der Waals surface area contributed by atoms with Crippen molar-refractivity contribution in [1.29, 1.82) is 0 Å². The highest BCUT2D eigenvalue weighted by Crippen LogP contribution is 2.16. The van der Waals surface area contributed by atoms with Gasteiger partial charge in [0.1, 0.15) is 0 Å². The molecule has 28 heavy (non-hydrogen) atoms. The van der Waals surface area contributed by atoms with E-state index < -0.39 is 0 Å². The largest absolute Gasteiger partial charge is 0.350 e. The van der Waals surface area contributed by atoms with Gasteiger partial charge in [-0.1, -0.05) is 12.1 Å². The number of amides is 3. The number of anilines is 1. The summed E-state index contributed by atoms with van der Waals surface area (Å²) in [4.78, 5) is 37.7. The van der Waals surface area contributed by atoms with Crippen LogP contribution in [0.3, 0.4) is 0 Å². The van der Waals surface area contributed by atoms with Crippen molar-refractivity contribution in [3.63, 3.8) is 0 Å². The average Bonchev–Trinajstić information content (AvgIpc) is 3.08. The Morgan fingerprint density at radius 1 is 1.14 bits per heavy atom. The van der Waals surface area contributed by atoms with E-state index in [0.29, 0.717) is 25.3 Å². The Morgan fingerprint density at radius 3 is 2.68 bits per heavy atom. The highest BCUT2D eigenvalue weighted by Gasteiger charge is 2.22. The number of carbonyl (C=O) groups is 3. The Bertz CT molecular complexity index is 919. The monoisotopic (exact) mass is 383 g/mol. The molecule has 0 fully saturated rings. The second kappa shape index (κ2) is 8.24. The van der Waals surface area contributed by atoms with Gasteiger partial charge in [0.2, 0.25) is 11.8 Å². The summed E-state index contributed by atoms with van der Waals surface area (Å²) < 4.78 is 1.75. The molecule has 3 rings (SSSR count). The van der Waals surface area contributed by atoms with Crippen molar-refractivity contribution in [2.45, 2.75) is 40.3 Å². The van der Waals surface area contributed by atoms with Gasteiger partial charge in [-0.15, -0.1) is 0 Å². The Hall–Kier alpha value is -3.16. The third-order valence-corrected chi connectivity index (χ3v) is 4.78. The van der Waals surface area contributed by atoms with Gasteiger partial charge in [-0.05, 0) is 37.1 Å². The van der Waals surface area contributed by atoms with Crippen molar-refractivity contribution in [3.8, 4) is 0 Å². The van der Waals surface area contributed by atoms with Gasteiger partial charge in [0, 0.05) is 32.1 Å². The lowest BCUT2D eigenvalue weighted by molar-refractivity contribution is -0.130. The number of aryl methyl sites for hydroxylation is 2. The minimum atomic E-state index is -0.323. The number of benzene rings is 1. The fourth-order valence-electron chi connectivity index (χ4n) is 3.11. The summed E-state index contributed by atoms with van der Waals surface area (Å²) in [6.45, 7) is 7.26. The molecule has 0 saturated carbocycles. The molecule has 2 aromatic rings. The lowest BCUT2D eigenvalue weighted by Gasteiger charge is -2.26. The van der Waals surface area contributed by atoms with Crippen LogP contribution in [0.15, 0.2) is 24.3 Å². The predicted octanol–water partition coefficient (Wildman–Crippen LogP) is 1.62. The summed E-state index contributed by atoms with van der Waals surface area (Å²) in [5.41, 5.74) is 3.98. The van der Waals surface area contributed by atoms with E-state index in [2.05, 4.69) is 15.7 Å². The van der Waals surface area contributed by atoms with Crippen LogP contribution in [0.4, 0.5) is 5.69 Å². The van der Waals surface area contributed by atoms with Crippen LogP contribution < -0.4 is 10.6 Å². The Balaban J connectivity index is 1.50. The fourth-order valence-corrected chi connectivity index (χ4v) is 3.11. The van der Waals surface area contributed by atoms with Crippen LogP contribution in [0, 0.1) is 13.8 Å². The van der Waals surface area contributed by atoms with Gasteiger partial charge >= 0.3 is 0 Å². The van der Waals surface area contributed by atoms with Crippen LogP contribution in [0.1, 0.15) is 40.7 Å². The molecule has 1 aliphatic heterocycles. The first-order chi connectivity index (χ1) is 13.3. The van der Waals surface area contributed by atoms with Crippen molar-refractivity contribution in [3.05, 3.63) is 46.8 Å². The Labute approximate surface area is 163 Å². The van der Waals surface area contributed by atoms with Gasteiger partial charge < -0.3 is 15.5 Å². The van der Waals surface area contributed by atoms with Crippen molar-refractivity contribution < 1.29 is 14.4 Å². The van der Waals surface area contributed by atoms with Crippen LogP contribution in [0.25, 0.3) is 0 Å². The third kappa shape index (κ3) is 4.57. The Morgan fingerprint density at radius 2 is 1.93 bits per heavy atom. The molecule has 148 valence electrons. The predicted molar refractivity (Wildman–Crippen MR) is 105 cm³/mol. The van der Waals surface area contributed by atoms with E-state index in [-0.39, 0.29) is 30.7 Å². The number of hydrogen-bond donors (Lipinski definition) is 2. The minimum Gasteiger partial charge on any atom is -0.350 e. The molecule has 0 saturated heterocycles. The van der Waals surface area contributed by atoms with Crippen LogP contribution in [0.5, 0.6) is 0 Å². The molecular weight excluding hydrogens is 358 g/mol. The molecule has 3 amide bonds. The summed E-state index contributed by atoms with van der Waals surface area (Å²) in [5.74, 6) is -0.473. The molecule has 0 aliphatic carbocycles. The highest BCUT2D eigenvalue weighted by molar-refractivity contribution is 5.94. The van der Waals surface area contributed by atoms with Crippen molar-refractivity contribution >= 4 is 23.4 Å². The van der Waals surface area contributed by atoms with Gasteiger partial charge in [0.25, 0.3) is 5.91 Å². The standard InChI is InChI=1S/C20H25N5O3/c1-13-4-5-14(2)17(10-13)22-19(27)6-7-21-20(28)18-11-16-12-24(15(3)26)8-9-25(16)23-18/h4-5,10-11H,6-9,12H2,1-3H3,(H,21,28)(H,22,27). The van der Waals surface area contributed by atoms with E-state index in [1.165, 1.54) is 6.92 Å². The third-order valence-electron chi connectivity index (χ3n) is 4.78. The second-order valence-corrected chi connectivity index (χ2v) is 7.06. The maximum absolute atomic E-state index is 12.3. The first-order valence-electron chi connectivity index (χ1n) is 9.31. The summed E-state index contributed by atoms with van der Waals surface area (Å²) in [6, 6.07) is 7.57. The first kappa shape index (κ1) is 19.6. The second-order valence-electron chi connectivity index (χ2n) is 7.06.